The Hall–Kier alpha value is -0.0300. The second kappa shape index (κ2) is 5.89. The minimum atomic E-state index is -0.449. The van der Waals surface area contributed by atoms with Gasteiger partial charge in [0.15, 0.2) is 0 Å². The van der Waals surface area contributed by atoms with Crippen LogP contribution in [0.1, 0.15) is 25.5 Å². The van der Waals surface area contributed by atoms with Gasteiger partial charge in [-0.2, -0.15) is 0 Å². The van der Waals surface area contributed by atoms with Crippen LogP contribution in [0.5, 0.6) is 0 Å². The average Bonchev–Trinajstić information content (AvgIpc) is 2.20. The third kappa shape index (κ3) is 3.79. The molecule has 1 aromatic rings. The van der Waals surface area contributed by atoms with E-state index < -0.39 is 6.10 Å². The molecular formula is C11H15BrO2S. The summed E-state index contributed by atoms with van der Waals surface area (Å²) >= 11 is 5.07. The minimum absolute atomic E-state index is 0.162. The Morgan fingerprint density at radius 1 is 1.40 bits per heavy atom. The lowest BCUT2D eigenvalue weighted by Crippen LogP contribution is -2.01. The molecule has 2 N–H and O–H groups in total. The fourth-order valence-electron chi connectivity index (χ4n) is 1.13. The molecule has 0 aromatic heterocycles. The topological polar surface area (TPSA) is 40.5 Å². The highest BCUT2D eigenvalue weighted by atomic mass is 79.9. The highest BCUT2D eigenvalue weighted by molar-refractivity contribution is 9.10. The van der Waals surface area contributed by atoms with Gasteiger partial charge in [-0.3, -0.25) is 0 Å². The summed E-state index contributed by atoms with van der Waals surface area (Å²) in [5, 5.41) is 18.5. The van der Waals surface area contributed by atoms with Crippen molar-refractivity contribution in [2.24, 2.45) is 0 Å². The van der Waals surface area contributed by atoms with Crippen molar-refractivity contribution in [2.45, 2.75) is 30.1 Å². The van der Waals surface area contributed by atoms with Crippen molar-refractivity contribution in [1.82, 2.24) is 0 Å². The SMILES string of the molecule is CC(CO)Sc1ccc([C@H](C)O)cc1Br. The standard InChI is InChI=1S/C11H15BrO2S/c1-7(6-13)15-11-4-3-9(8(2)14)5-10(11)12/h3-5,7-8,13-14H,6H2,1-2H3/t7?,8-/m0/s1. The zero-order valence-corrected chi connectivity index (χ0v) is 11.2. The van der Waals surface area contributed by atoms with Crippen molar-refractivity contribution >= 4 is 27.7 Å². The molecule has 0 fully saturated rings. The van der Waals surface area contributed by atoms with Crippen LogP contribution in [-0.2, 0) is 0 Å². The molecule has 0 saturated carbocycles. The fourth-order valence-corrected chi connectivity index (χ4v) is 2.63. The van der Waals surface area contributed by atoms with Crippen molar-refractivity contribution in [1.29, 1.82) is 0 Å². The number of aliphatic hydroxyl groups excluding tert-OH is 2. The number of thioether (sulfide) groups is 1. The van der Waals surface area contributed by atoms with Crippen LogP contribution >= 0.6 is 27.7 Å². The van der Waals surface area contributed by atoms with E-state index in [0.717, 1.165) is 14.9 Å². The number of benzene rings is 1. The van der Waals surface area contributed by atoms with E-state index >= 15 is 0 Å². The Labute approximate surface area is 103 Å². The zero-order valence-electron chi connectivity index (χ0n) is 8.77. The second-order valence-corrected chi connectivity index (χ2v) is 5.81. The van der Waals surface area contributed by atoms with E-state index in [0.29, 0.717) is 0 Å². The largest absolute Gasteiger partial charge is 0.395 e. The van der Waals surface area contributed by atoms with Crippen LogP contribution in [0.15, 0.2) is 27.6 Å². The highest BCUT2D eigenvalue weighted by Crippen LogP contribution is 2.32. The number of hydrogen-bond donors (Lipinski definition) is 2. The van der Waals surface area contributed by atoms with Crippen LogP contribution in [0, 0.1) is 0 Å². The van der Waals surface area contributed by atoms with E-state index in [1.165, 1.54) is 0 Å². The summed E-state index contributed by atoms with van der Waals surface area (Å²) in [6.45, 7) is 3.87. The molecule has 0 spiro atoms. The lowest BCUT2D eigenvalue weighted by molar-refractivity contribution is 0.199. The Bertz CT molecular complexity index is 328. The predicted molar refractivity (Wildman–Crippen MR) is 67.2 cm³/mol. The van der Waals surface area contributed by atoms with E-state index in [4.69, 9.17) is 5.11 Å². The van der Waals surface area contributed by atoms with E-state index in [9.17, 15) is 5.11 Å². The van der Waals surface area contributed by atoms with E-state index in [-0.39, 0.29) is 11.9 Å². The van der Waals surface area contributed by atoms with Gasteiger partial charge in [-0.15, -0.1) is 11.8 Å². The molecular weight excluding hydrogens is 276 g/mol. The molecule has 0 saturated heterocycles. The number of aliphatic hydroxyl groups is 2. The summed E-state index contributed by atoms with van der Waals surface area (Å²) < 4.78 is 0.964. The minimum Gasteiger partial charge on any atom is -0.395 e. The van der Waals surface area contributed by atoms with Gasteiger partial charge in [0.1, 0.15) is 0 Å². The van der Waals surface area contributed by atoms with E-state index in [1.807, 2.05) is 25.1 Å². The first kappa shape index (κ1) is 13.0. The smallest absolute Gasteiger partial charge is 0.0762 e. The molecule has 2 atom stereocenters. The monoisotopic (exact) mass is 290 g/mol. The zero-order chi connectivity index (χ0) is 11.4. The molecule has 0 bridgehead atoms. The predicted octanol–water partition coefficient (Wildman–Crippen LogP) is 2.98. The molecule has 0 aliphatic heterocycles. The van der Waals surface area contributed by atoms with Crippen molar-refractivity contribution in [3.8, 4) is 0 Å². The molecule has 0 radical (unpaired) electrons. The molecule has 1 aromatic carbocycles. The van der Waals surface area contributed by atoms with Gasteiger partial charge in [-0.05, 0) is 40.5 Å². The molecule has 84 valence electrons. The Morgan fingerprint density at radius 2 is 2.07 bits per heavy atom. The average molecular weight is 291 g/mol. The second-order valence-electron chi connectivity index (χ2n) is 3.48. The van der Waals surface area contributed by atoms with Crippen LogP contribution in [0.2, 0.25) is 0 Å². The molecule has 4 heteroatoms. The first-order valence-electron chi connectivity index (χ1n) is 4.79. The van der Waals surface area contributed by atoms with Crippen molar-refractivity contribution in [2.75, 3.05) is 6.61 Å². The number of rotatable bonds is 4. The maximum absolute atomic E-state index is 9.40. The normalized spacial score (nSPS) is 15.0. The van der Waals surface area contributed by atoms with Gasteiger partial charge in [-0.1, -0.05) is 13.0 Å². The number of hydrogen-bond acceptors (Lipinski definition) is 3. The Kier molecular flexibility index (Phi) is 5.12. The Balaban J connectivity index is 2.83. The van der Waals surface area contributed by atoms with Gasteiger partial charge in [0.25, 0.3) is 0 Å². The maximum atomic E-state index is 9.40. The fraction of sp³-hybridized carbons (Fsp3) is 0.455. The highest BCUT2D eigenvalue weighted by Gasteiger charge is 2.08. The number of halogens is 1. The first-order valence-corrected chi connectivity index (χ1v) is 6.47. The van der Waals surface area contributed by atoms with Gasteiger partial charge >= 0.3 is 0 Å². The molecule has 2 nitrogen and oxygen atoms in total. The summed E-state index contributed by atoms with van der Waals surface area (Å²) in [7, 11) is 0. The third-order valence-electron chi connectivity index (χ3n) is 2.02. The van der Waals surface area contributed by atoms with Gasteiger partial charge in [0.2, 0.25) is 0 Å². The van der Waals surface area contributed by atoms with Gasteiger partial charge in [0.05, 0.1) is 12.7 Å². The van der Waals surface area contributed by atoms with Gasteiger partial charge in [-0.25, -0.2) is 0 Å². The molecule has 0 aliphatic carbocycles. The molecule has 0 heterocycles. The summed E-state index contributed by atoms with van der Waals surface area (Å²) in [4.78, 5) is 1.08. The van der Waals surface area contributed by atoms with Crippen LogP contribution in [0.4, 0.5) is 0 Å². The molecule has 0 aliphatic rings. The van der Waals surface area contributed by atoms with Gasteiger partial charge in [0, 0.05) is 14.6 Å². The first-order chi connectivity index (χ1) is 7.04. The van der Waals surface area contributed by atoms with Gasteiger partial charge < -0.3 is 10.2 Å². The Morgan fingerprint density at radius 3 is 2.53 bits per heavy atom. The van der Waals surface area contributed by atoms with E-state index in [1.54, 1.807) is 18.7 Å². The summed E-state index contributed by atoms with van der Waals surface area (Å²) in [6.07, 6.45) is -0.449. The van der Waals surface area contributed by atoms with Crippen molar-refractivity contribution < 1.29 is 10.2 Å². The molecule has 1 unspecified atom stereocenters. The van der Waals surface area contributed by atoms with Crippen LogP contribution < -0.4 is 0 Å². The summed E-state index contributed by atoms with van der Waals surface area (Å²) in [5.74, 6) is 0. The third-order valence-corrected chi connectivity index (χ3v) is 4.10. The molecule has 1 rings (SSSR count). The van der Waals surface area contributed by atoms with Crippen molar-refractivity contribution in [3.63, 3.8) is 0 Å². The van der Waals surface area contributed by atoms with Crippen molar-refractivity contribution in [3.05, 3.63) is 28.2 Å². The lowest BCUT2D eigenvalue weighted by Gasteiger charge is -2.11. The molecule has 0 amide bonds. The maximum Gasteiger partial charge on any atom is 0.0762 e. The quantitative estimate of drug-likeness (QED) is 0.838. The van der Waals surface area contributed by atoms with Crippen LogP contribution in [0.3, 0.4) is 0 Å². The summed E-state index contributed by atoms with van der Waals surface area (Å²) in [5.41, 5.74) is 0.892. The van der Waals surface area contributed by atoms with Crippen LogP contribution in [0.25, 0.3) is 0 Å². The lowest BCUT2D eigenvalue weighted by atomic mass is 10.1. The summed E-state index contributed by atoms with van der Waals surface area (Å²) in [6, 6.07) is 5.78. The molecule has 15 heavy (non-hydrogen) atoms. The van der Waals surface area contributed by atoms with Crippen LogP contribution in [-0.4, -0.2) is 22.1 Å². The van der Waals surface area contributed by atoms with E-state index in [2.05, 4.69) is 15.9 Å².